The molecule has 10 atom stereocenters. The molecular weight excluding hydrogens is 588 g/mol. The van der Waals surface area contributed by atoms with E-state index in [1.807, 2.05) is 0 Å². The quantitative estimate of drug-likeness (QED) is 0.246. The Morgan fingerprint density at radius 1 is 0.911 bits per heavy atom. The smallest absolute Gasteiger partial charge is 0.338 e. The molecule has 1 aromatic rings. The van der Waals surface area contributed by atoms with Crippen LogP contribution in [0.25, 0.3) is 0 Å². The second-order valence-corrected chi connectivity index (χ2v) is 13.6. The molecule has 2 saturated carbocycles. The van der Waals surface area contributed by atoms with E-state index >= 15 is 0 Å². The summed E-state index contributed by atoms with van der Waals surface area (Å²) in [5.74, 6) is -4.20. The molecular formula is C33H42O12. The summed E-state index contributed by atoms with van der Waals surface area (Å²) in [6, 6.07) is 8.09. The summed E-state index contributed by atoms with van der Waals surface area (Å²) >= 11 is 0. The molecule has 3 aliphatic carbocycles. The van der Waals surface area contributed by atoms with E-state index in [4.69, 9.17) is 23.7 Å². The number of hydrogen-bond acceptors (Lipinski definition) is 12. The SMILES string of the molecule is CC(=O)O[C@H]1C[C@@]2(O)[C@@H](OC(=O)c3ccccc3)[C@@H]3[C@]4(OC(C)=O)CO[C@H]4C[C@H](O)[C@]3(C)[C@H](O)[C@H](OC(C)=O)C(=C1C)C2(C)C. The Bertz CT molecular complexity index is 1420. The second kappa shape index (κ2) is 11.2. The van der Waals surface area contributed by atoms with Gasteiger partial charge < -0.3 is 39.0 Å². The molecule has 246 valence electrons. The zero-order valence-electron chi connectivity index (χ0n) is 26.6. The van der Waals surface area contributed by atoms with Gasteiger partial charge in [0.15, 0.2) is 11.7 Å². The average Bonchev–Trinajstić information content (AvgIpc) is 2.94. The van der Waals surface area contributed by atoms with E-state index in [2.05, 4.69) is 0 Å². The molecule has 0 amide bonds. The van der Waals surface area contributed by atoms with Crippen molar-refractivity contribution in [3.63, 3.8) is 0 Å². The number of fused-ring (bicyclic) bond motifs is 5. The van der Waals surface area contributed by atoms with Crippen LogP contribution in [0.4, 0.5) is 0 Å². The Labute approximate surface area is 261 Å². The van der Waals surface area contributed by atoms with Crippen LogP contribution < -0.4 is 0 Å². The van der Waals surface area contributed by atoms with Gasteiger partial charge in [-0.25, -0.2) is 4.79 Å². The van der Waals surface area contributed by atoms with Gasteiger partial charge in [-0.15, -0.1) is 0 Å². The highest BCUT2D eigenvalue weighted by molar-refractivity contribution is 5.89. The minimum absolute atomic E-state index is 0.0700. The lowest BCUT2D eigenvalue weighted by Crippen LogP contribution is -2.82. The van der Waals surface area contributed by atoms with Gasteiger partial charge in [0.25, 0.3) is 0 Å². The maximum absolute atomic E-state index is 13.9. The van der Waals surface area contributed by atoms with E-state index in [0.29, 0.717) is 5.57 Å². The monoisotopic (exact) mass is 630 g/mol. The van der Waals surface area contributed by atoms with Crippen molar-refractivity contribution < 1.29 is 58.2 Å². The molecule has 45 heavy (non-hydrogen) atoms. The molecule has 1 aliphatic heterocycles. The lowest BCUT2D eigenvalue weighted by atomic mass is 9.44. The van der Waals surface area contributed by atoms with E-state index < -0.39 is 88.5 Å². The zero-order chi connectivity index (χ0) is 33.3. The molecule has 5 rings (SSSR count). The highest BCUT2D eigenvalue weighted by Crippen LogP contribution is 2.65. The summed E-state index contributed by atoms with van der Waals surface area (Å²) in [5, 5.41) is 37.4. The molecule has 1 saturated heterocycles. The number of rotatable bonds is 5. The maximum Gasteiger partial charge on any atom is 0.338 e. The van der Waals surface area contributed by atoms with Gasteiger partial charge in [0.05, 0.1) is 24.2 Å². The lowest BCUT2D eigenvalue weighted by Gasteiger charge is -2.69. The van der Waals surface area contributed by atoms with Crippen LogP contribution in [-0.2, 0) is 38.1 Å². The molecule has 1 aromatic carbocycles. The van der Waals surface area contributed by atoms with Crippen LogP contribution in [0, 0.1) is 16.7 Å². The van der Waals surface area contributed by atoms with Gasteiger partial charge in [-0.05, 0) is 30.2 Å². The summed E-state index contributed by atoms with van der Waals surface area (Å²) in [6.07, 6.45) is -8.36. The first-order valence-electron chi connectivity index (χ1n) is 15.1. The van der Waals surface area contributed by atoms with Gasteiger partial charge in [-0.3, -0.25) is 14.4 Å². The second-order valence-electron chi connectivity index (χ2n) is 13.6. The van der Waals surface area contributed by atoms with Crippen molar-refractivity contribution in [1.82, 2.24) is 0 Å². The van der Waals surface area contributed by atoms with Gasteiger partial charge in [0.2, 0.25) is 0 Å². The van der Waals surface area contributed by atoms with Gasteiger partial charge in [0, 0.05) is 44.4 Å². The van der Waals surface area contributed by atoms with Crippen LogP contribution in [0.3, 0.4) is 0 Å². The Balaban J connectivity index is 1.86. The van der Waals surface area contributed by atoms with Crippen molar-refractivity contribution in [3.05, 3.63) is 47.0 Å². The largest absolute Gasteiger partial charge is 0.458 e. The first kappa shape index (κ1) is 33.1. The summed E-state index contributed by atoms with van der Waals surface area (Å²) in [4.78, 5) is 51.5. The van der Waals surface area contributed by atoms with Crippen molar-refractivity contribution in [1.29, 1.82) is 0 Å². The number of ether oxygens (including phenoxy) is 5. The summed E-state index contributed by atoms with van der Waals surface area (Å²) in [7, 11) is 0. The minimum Gasteiger partial charge on any atom is -0.458 e. The predicted octanol–water partition coefficient (Wildman–Crippen LogP) is 2.02. The van der Waals surface area contributed by atoms with E-state index in [0.717, 1.165) is 0 Å². The molecule has 0 aromatic heterocycles. The molecule has 0 unspecified atom stereocenters. The fourth-order valence-electron chi connectivity index (χ4n) is 8.46. The van der Waals surface area contributed by atoms with Crippen molar-refractivity contribution in [3.8, 4) is 0 Å². The van der Waals surface area contributed by atoms with Gasteiger partial charge in [-0.2, -0.15) is 0 Å². The number of aliphatic hydroxyl groups excluding tert-OH is 2. The molecule has 3 N–H and O–H groups in total. The predicted molar refractivity (Wildman–Crippen MR) is 155 cm³/mol. The van der Waals surface area contributed by atoms with Crippen LogP contribution >= 0.6 is 0 Å². The Morgan fingerprint density at radius 2 is 1.53 bits per heavy atom. The molecule has 2 bridgehead atoms. The van der Waals surface area contributed by atoms with E-state index in [9.17, 15) is 34.5 Å². The summed E-state index contributed by atoms with van der Waals surface area (Å²) in [6.45, 7) is 9.94. The normalized spacial score (nSPS) is 39.9. The van der Waals surface area contributed by atoms with Gasteiger partial charge in [0.1, 0.15) is 30.0 Å². The van der Waals surface area contributed by atoms with E-state index in [1.54, 1.807) is 45.9 Å². The van der Waals surface area contributed by atoms with Crippen LogP contribution in [0.1, 0.15) is 71.7 Å². The first-order chi connectivity index (χ1) is 20.9. The number of aliphatic hydroxyl groups is 3. The van der Waals surface area contributed by atoms with Crippen molar-refractivity contribution in [2.75, 3.05) is 6.61 Å². The fraction of sp³-hybridized carbons (Fsp3) is 0.636. The first-order valence-corrected chi connectivity index (χ1v) is 15.1. The molecule has 12 nitrogen and oxygen atoms in total. The molecule has 3 fully saturated rings. The third kappa shape index (κ3) is 4.88. The third-order valence-electron chi connectivity index (χ3n) is 10.7. The lowest BCUT2D eigenvalue weighted by molar-refractivity contribution is -0.365. The molecule has 4 aliphatic rings. The van der Waals surface area contributed by atoms with Crippen LogP contribution in [0.2, 0.25) is 0 Å². The standard InChI is InChI=1S/C33H42O12/c1-16-21(42-17(2)34)14-33(40)28(44-29(39)20-11-9-8-10-12-20)26-31(7,22(37)13-23-32(26,15-41-23)45-19(4)36)27(38)25(43-18(3)35)24(16)30(33,5)6/h8-12,21-23,25-28,37-38,40H,13-15H2,1-7H3/t21-,22-,23-,25+,26-,27+,28-,31-,32-,33+/m0/s1. The summed E-state index contributed by atoms with van der Waals surface area (Å²) < 4.78 is 29.6. The number of carbonyl (C=O) groups is 4. The zero-order valence-corrected chi connectivity index (χ0v) is 26.6. The topological polar surface area (TPSA) is 175 Å². The van der Waals surface area contributed by atoms with Gasteiger partial charge >= 0.3 is 23.9 Å². The molecule has 12 heteroatoms. The minimum atomic E-state index is -2.11. The van der Waals surface area contributed by atoms with Crippen LogP contribution in [-0.4, -0.2) is 93.6 Å². The number of hydrogen-bond donors (Lipinski definition) is 3. The number of benzene rings is 1. The molecule has 1 heterocycles. The maximum atomic E-state index is 13.9. The van der Waals surface area contributed by atoms with Crippen molar-refractivity contribution >= 4 is 23.9 Å². The van der Waals surface area contributed by atoms with Crippen molar-refractivity contribution in [2.45, 2.75) is 109 Å². The highest BCUT2D eigenvalue weighted by atomic mass is 16.6. The molecule has 0 spiro atoms. The van der Waals surface area contributed by atoms with E-state index in [-0.39, 0.29) is 30.6 Å². The Kier molecular flexibility index (Phi) is 8.21. The fourth-order valence-corrected chi connectivity index (χ4v) is 8.46. The average molecular weight is 631 g/mol. The highest BCUT2D eigenvalue weighted by Gasteiger charge is 2.78. The van der Waals surface area contributed by atoms with Gasteiger partial charge in [-0.1, -0.05) is 39.0 Å². The molecule has 0 radical (unpaired) electrons. The van der Waals surface area contributed by atoms with Crippen molar-refractivity contribution in [2.24, 2.45) is 16.7 Å². The third-order valence-corrected chi connectivity index (χ3v) is 10.7. The Morgan fingerprint density at radius 3 is 2.07 bits per heavy atom. The number of carbonyl (C=O) groups excluding carboxylic acids is 4. The Hall–Kier alpha value is -3.32. The van der Waals surface area contributed by atoms with Crippen LogP contribution in [0.15, 0.2) is 41.5 Å². The summed E-state index contributed by atoms with van der Waals surface area (Å²) in [5.41, 5.74) is -5.96. The van der Waals surface area contributed by atoms with Crippen LogP contribution in [0.5, 0.6) is 0 Å². The number of esters is 4. The van der Waals surface area contributed by atoms with E-state index in [1.165, 1.54) is 32.9 Å².